The van der Waals surface area contributed by atoms with Crippen LogP contribution in [0.25, 0.3) is 0 Å². The fraction of sp³-hybridized carbons (Fsp3) is 0.667. The number of hydrogen-bond donors (Lipinski definition) is 2. The summed E-state index contributed by atoms with van der Waals surface area (Å²) in [6, 6.07) is 12.0. The Hall–Kier alpha value is -0.900. The minimum atomic E-state index is 0.187. The monoisotopic (exact) mass is 290 g/mol. The van der Waals surface area contributed by atoms with Gasteiger partial charge < -0.3 is 15.4 Å². The van der Waals surface area contributed by atoms with E-state index < -0.39 is 0 Å². The molecule has 3 nitrogen and oxygen atoms in total. The second-order valence-corrected chi connectivity index (χ2v) is 7.24. The summed E-state index contributed by atoms with van der Waals surface area (Å²) in [4.78, 5) is 0. The molecule has 3 unspecified atom stereocenters. The lowest BCUT2D eigenvalue weighted by molar-refractivity contribution is 0.0697. The van der Waals surface area contributed by atoms with Crippen molar-refractivity contribution in [1.82, 2.24) is 10.6 Å². The van der Waals surface area contributed by atoms with Gasteiger partial charge in [-0.1, -0.05) is 51.1 Å². The van der Waals surface area contributed by atoms with Crippen LogP contribution in [0.3, 0.4) is 0 Å². The van der Waals surface area contributed by atoms with E-state index in [9.17, 15) is 0 Å². The van der Waals surface area contributed by atoms with Gasteiger partial charge in [-0.25, -0.2) is 0 Å². The van der Waals surface area contributed by atoms with Gasteiger partial charge in [0.2, 0.25) is 0 Å². The molecule has 3 atom stereocenters. The fourth-order valence-electron chi connectivity index (χ4n) is 3.04. The Balaban J connectivity index is 1.98. The highest BCUT2D eigenvalue weighted by Crippen LogP contribution is 2.33. The van der Waals surface area contributed by atoms with Crippen molar-refractivity contribution in [2.45, 2.75) is 52.2 Å². The molecule has 1 aromatic rings. The van der Waals surface area contributed by atoms with Crippen molar-refractivity contribution < 1.29 is 4.74 Å². The van der Waals surface area contributed by atoms with Gasteiger partial charge in [0, 0.05) is 24.7 Å². The Bertz CT molecular complexity index is 407. The maximum atomic E-state index is 5.55. The molecule has 3 heteroatoms. The van der Waals surface area contributed by atoms with E-state index in [2.05, 4.69) is 68.7 Å². The van der Waals surface area contributed by atoms with Crippen LogP contribution in [0.4, 0.5) is 0 Å². The summed E-state index contributed by atoms with van der Waals surface area (Å²) in [6.45, 7) is 11.8. The van der Waals surface area contributed by atoms with E-state index >= 15 is 0 Å². The smallest absolute Gasteiger partial charge is 0.0620 e. The lowest BCUT2D eigenvalue weighted by atomic mass is 9.81. The minimum absolute atomic E-state index is 0.187. The summed E-state index contributed by atoms with van der Waals surface area (Å²) in [5.74, 6) is 0. The molecular weight excluding hydrogens is 260 g/mol. The van der Waals surface area contributed by atoms with Gasteiger partial charge in [0.1, 0.15) is 0 Å². The summed E-state index contributed by atoms with van der Waals surface area (Å²) in [6.07, 6.45) is 1.10. The van der Waals surface area contributed by atoms with Crippen LogP contribution in [-0.2, 0) is 4.74 Å². The highest BCUT2D eigenvalue weighted by molar-refractivity contribution is 5.21. The number of benzene rings is 1. The maximum absolute atomic E-state index is 5.55. The van der Waals surface area contributed by atoms with E-state index in [1.807, 2.05) is 0 Å². The first-order chi connectivity index (χ1) is 9.97. The molecule has 2 N–H and O–H groups in total. The van der Waals surface area contributed by atoms with Gasteiger partial charge in [0.05, 0.1) is 13.2 Å². The van der Waals surface area contributed by atoms with Crippen LogP contribution in [0.1, 0.15) is 45.7 Å². The third kappa shape index (κ3) is 5.10. The molecule has 1 fully saturated rings. The summed E-state index contributed by atoms with van der Waals surface area (Å²) in [5, 5.41) is 7.36. The number of nitrogens with one attached hydrogen (secondary N) is 2. The van der Waals surface area contributed by atoms with E-state index in [0.29, 0.717) is 18.1 Å². The second kappa shape index (κ2) is 7.39. The average molecular weight is 290 g/mol. The lowest BCUT2D eigenvalue weighted by Crippen LogP contribution is -2.46. The van der Waals surface area contributed by atoms with Crippen LogP contribution in [0, 0.1) is 5.41 Å². The predicted octanol–water partition coefficient (Wildman–Crippen LogP) is 3.13. The molecule has 0 saturated carbocycles. The second-order valence-electron chi connectivity index (χ2n) is 7.24. The molecule has 0 radical (unpaired) electrons. The molecular formula is C18H30N2O. The van der Waals surface area contributed by atoms with Crippen molar-refractivity contribution in [3.05, 3.63) is 35.9 Å². The van der Waals surface area contributed by atoms with Crippen molar-refractivity contribution in [2.75, 3.05) is 19.8 Å². The van der Waals surface area contributed by atoms with Crippen LogP contribution in [-0.4, -0.2) is 31.8 Å². The Labute approximate surface area is 129 Å². The number of rotatable bonds is 5. The summed E-state index contributed by atoms with van der Waals surface area (Å²) in [7, 11) is 0. The lowest BCUT2D eigenvalue weighted by Gasteiger charge is -2.36. The molecule has 0 aromatic heterocycles. The molecule has 1 aliphatic rings. The zero-order chi connectivity index (χ0) is 15.3. The van der Waals surface area contributed by atoms with E-state index in [1.165, 1.54) is 5.56 Å². The van der Waals surface area contributed by atoms with Crippen molar-refractivity contribution in [3.63, 3.8) is 0 Å². The normalized spacial score (nSPS) is 22.8. The number of ether oxygens (including phenoxy) is 1. The summed E-state index contributed by atoms with van der Waals surface area (Å²) >= 11 is 0. The first-order valence-corrected chi connectivity index (χ1v) is 8.09. The van der Waals surface area contributed by atoms with Crippen LogP contribution < -0.4 is 10.6 Å². The molecule has 118 valence electrons. The van der Waals surface area contributed by atoms with Gasteiger partial charge in [-0.2, -0.15) is 0 Å². The van der Waals surface area contributed by atoms with Gasteiger partial charge in [0.15, 0.2) is 0 Å². The van der Waals surface area contributed by atoms with Gasteiger partial charge in [0.25, 0.3) is 0 Å². The Kier molecular flexibility index (Phi) is 5.80. The standard InChI is InChI=1S/C18H30N2O/c1-14(12-16-13-21-11-10-19-16)20-17(18(2,3)4)15-8-6-5-7-9-15/h5-9,14,16-17,19-20H,10-13H2,1-4H3. The zero-order valence-corrected chi connectivity index (χ0v) is 13.9. The van der Waals surface area contributed by atoms with Crippen molar-refractivity contribution in [3.8, 4) is 0 Å². The summed E-state index contributed by atoms with van der Waals surface area (Å²) in [5.41, 5.74) is 1.55. The molecule has 21 heavy (non-hydrogen) atoms. The van der Waals surface area contributed by atoms with E-state index in [1.54, 1.807) is 0 Å². The molecule has 0 amide bonds. The van der Waals surface area contributed by atoms with E-state index in [-0.39, 0.29) is 5.41 Å². The Morgan fingerprint density at radius 2 is 2.00 bits per heavy atom. The first-order valence-electron chi connectivity index (χ1n) is 8.09. The molecule has 1 saturated heterocycles. The molecule has 2 rings (SSSR count). The molecule has 1 aromatic carbocycles. The van der Waals surface area contributed by atoms with Crippen molar-refractivity contribution in [1.29, 1.82) is 0 Å². The molecule has 0 aliphatic carbocycles. The van der Waals surface area contributed by atoms with Crippen LogP contribution in [0.5, 0.6) is 0 Å². The highest BCUT2D eigenvalue weighted by atomic mass is 16.5. The van der Waals surface area contributed by atoms with E-state index in [0.717, 1.165) is 26.2 Å². The largest absolute Gasteiger partial charge is 0.379 e. The van der Waals surface area contributed by atoms with Crippen molar-refractivity contribution in [2.24, 2.45) is 5.41 Å². The summed E-state index contributed by atoms with van der Waals surface area (Å²) < 4.78 is 5.55. The Morgan fingerprint density at radius 3 is 2.57 bits per heavy atom. The molecule has 1 heterocycles. The zero-order valence-electron chi connectivity index (χ0n) is 13.9. The SMILES string of the molecule is CC(CC1COCCN1)NC(c1ccccc1)C(C)(C)C. The topological polar surface area (TPSA) is 33.3 Å². The fourth-order valence-corrected chi connectivity index (χ4v) is 3.04. The average Bonchev–Trinajstić information content (AvgIpc) is 2.45. The van der Waals surface area contributed by atoms with Crippen LogP contribution >= 0.6 is 0 Å². The molecule has 1 aliphatic heterocycles. The molecule has 0 spiro atoms. The Morgan fingerprint density at radius 1 is 1.29 bits per heavy atom. The van der Waals surface area contributed by atoms with Crippen LogP contribution in [0.15, 0.2) is 30.3 Å². The predicted molar refractivity (Wildman–Crippen MR) is 88.5 cm³/mol. The van der Waals surface area contributed by atoms with Gasteiger partial charge in [-0.15, -0.1) is 0 Å². The first kappa shape index (κ1) is 16.5. The van der Waals surface area contributed by atoms with E-state index in [4.69, 9.17) is 4.74 Å². The van der Waals surface area contributed by atoms with Crippen molar-refractivity contribution >= 4 is 0 Å². The number of hydrogen-bond acceptors (Lipinski definition) is 3. The highest BCUT2D eigenvalue weighted by Gasteiger charge is 2.28. The maximum Gasteiger partial charge on any atom is 0.0620 e. The van der Waals surface area contributed by atoms with Gasteiger partial charge >= 0.3 is 0 Å². The molecule has 0 bridgehead atoms. The van der Waals surface area contributed by atoms with Crippen LogP contribution in [0.2, 0.25) is 0 Å². The third-order valence-electron chi connectivity index (χ3n) is 4.09. The van der Waals surface area contributed by atoms with Gasteiger partial charge in [-0.3, -0.25) is 0 Å². The van der Waals surface area contributed by atoms with Gasteiger partial charge in [-0.05, 0) is 24.3 Å². The minimum Gasteiger partial charge on any atom is -0.379 e. The number of morpholine rings is 1. The third-order valence-corrected chi connectivity index (χ3v) is 4.09. The quantitative estimate of drug-likeness (QED) is 0.874.